The van der Waals surface area contributed by atoms with Crippen LogP contribution in [0.5, 0.6) is 5.88 Å². The first-order valence-electron chi connectivity index (χ1n) is 8.92. The second kappa shape index (κ2) is 6.07. The molecule has 1 aliphatic carbocycles. The summed E-state index contributed by atoms with van der Waals surface area (Å²) in [5.41, 5.74) is 2.71. The van der Waals surface area contributed by atoms with Crippen LogP contribution in [0.4, 0.5) is 5.82 Å². The lowest BCUT2D eigenvalue weighted by molar-refractivity contribution is 0.323. The minimum atomic E-state index is 0.477. The van der Waals surface area contributed by atoms with Gasteiger partial charge < -0.3 is 14.2 Å². The lowest BCUT2D eigenvalue weighted by Gasteiger charge is -2.44. The van der Waals surface area contributed by atoms with Crippen molar-refractivity contribution in [2.24, 2.45) is 7.05 Å². The van der Waals surface area contributed by atoms with Crippen LogP contribution in [0, 0.1) is 6.92 Å². The highest BCUT2D eigenvalue weighted by molar-refractivity contribution is 5.46. The summed E-state index contributed by atoms with van der Waals surface area (Å²) in [7, 11) is 2.11. The molecule has 6 heteroatoms. The first-order chi connectivity index (χ1) is 11.7. The van der Waals surface area contributed by atoms with Crippen LogP contribution in [0.2, 0.25) is 0 Å². The summed E-state index contributed by atoms with van der Waals surface area (Å²) < 4.78 is 7.81. The Morgan fingerprint density at radius 1 is 1.29 bits per heavy atom. The van der Waals surface area contributed by atoms with Crippen molar-refractivity contribution in [1.29, 1.82) is 0 Å². The van der Waals surface area contributed by atoms with Crippen LogP contribution in [0.1, 0.15) is 49.3 Å². The van der Waals surface area contributed by atoms with Crippen LogP contribution in [0.15, 0.2) is 12.4 Å². The average Bonchev–Trinajstić information content (AvgIpc) is 2.96. The molecule has 24 heavy (non-hydrogen) atoms. The highest BCUT2D eigenvalue weighted by Gasteiger charge is 2.39. The van der Waals surface area contributed by atoms with E-state index in [0.29, 0.717) is 24.4 Å². The molecule has 1 saturated heterocycles. The minimum Gasteiger partial charge on any atom is -0.478 e. The molecule has 0 spiro atoms. The third-order valence-corrected chi connectivity index (χ3v) is 5.29. The fourth-order valence-corrected chi connectivity index (χ4v) is 4.28. The molecule has 3 heterocycles. The summed E-state index contributed by atoms with van der Waals surface area (Å²) in [6.07, 6.45) is 6.60. The second-order valence-corrected chi connectivity index (χ2v) is 6.78. The van der Waals surface area contributed by atoms with Gasteiger partial charge in [-0.25, -0.2) is 9.97 Å². The van der Waals surface area contributed by atoms with E-state index in [9.17, 15) is 0 Å². The minimum absolute atomic E-state index is 0.477. The quantitative estimate of drug-likeness (QED) is 0.867. The normalized spacial score (nSPS) is 22.9. The Labute approximate surface area is 142 Å². The van der Waals surface area contributed by atoms with Gasteiger partial charge in [0.2, 0.25) is 5.88 Å². The molecular formula is C18H25N5O. The fraction of sp³-hybridized carbons (Fsp3) is 0.611. The number of fused-ring (bicyclic) bond motifs is 3. The van der Waals surface area contributed by atoms with E-state index in [1.165, 1.54) is 24.2 Å². The largest absolute Gasteiger partial charge is 0.478 e. The zero-order valence-corrected chi connectivity index (χ0v) is 14.7. The topological polar surface area (TPSA) is 56.1 Å². The second-order valence-electron chi connectivity index (χ2n) is 6.78. The Morgan fingerprint density at radius 2 is 2.17 bits per heavy atom. The third kappa shape index (κ3) is 2.54. The number of hydrogen-bond acceptors (Lipinski definition) is 5. The van der Waals surface area contributed by atoms with Crippen LogP contribution >= 0.6 is 0 Å². The molecule has 2 unspecified atom stereocenters. The Hall–Kier alpha value is -2.11. The van der Waals surface area contributed by atoms with Gasteiger partial charge in [0.25, 0.3) is 0 Å². The molecule has 0 bridgehead atoms. The van der Waals surface area contributed by atoms with Crippen molar-refractivity contribution in [2.45, 2.75) is 51.5 Å². The van der Waals surface area contributed by atoms with Gasteiger partial charge in [-0.2, -0.15) is 4.98 Å². The van der Waals surface area contributed by atoms with E-state index in [1.54, 1.807) is 0 Å². The van der Waals surface area contributed by atoms with Crippen LogP contribution in [0.3, 0.4) is 0 Å². The SMILES string of the molecule is CCOc1cc(N2CCCC3c4ncn(C)c4CCC32)nc(C)n1. The molecule has 6 nitrogen and oxygen atoms in total. The summed E-state index contributed by atoms with van der Waals surface area (Å²) in [4.78, 5) is 16.3. The van der Waals surface area contributed by atoms with Crippen molar-refractivity contribution >= 4 is 5.82 Å². The first kappa shape index (κ1) is 15.4. The maximum Gasteiger partial charge on any atom is 0.218 e. The van der Waals surface area contributed by atoms with Crippen molar-refractivity contribution in [3.63, 3.8) is 0 Å². The fourth-order valence-electron chi connectivity index (χ4n) is 4.28. The summed E-state index contributed by atoms with van der Waals surface area (Å²) in [6.45, 7) is 5.59. The molecule has 2 aliphatic rings. The first-order valence-corrected chi connectivity index (χ1v) is 8.92. The number of aryl methyl sites for hydroxylation is 2. The molecule has 2 aromatic rings. The Bertz CT molecular complexity index is 741. The zero-order chi connectivity index (χ0) is 16.7. The summed E-state index contributed by atoms with van der Waals surface area (Å²) in [5, 5.41) is 0. The zero-order valence-electron chi connectivity index (χ0n) is 14.7. The smallest absolute Gasteiger partial charge is 0.218 e. The van der Waals surface area contributed by atoms with E-state index in [2.05, 4.69) is 21.5 Å². The van der Waals surface area contributed by atoms with Gasteiger partial charge in [0, 0.05) is 37.3 Å². The van der Waals surface area contributed by atoms with Crippen molar-refractivity contribution in [2.75, 3.05) is 18.1 Å². The molecule has 0 amide bonds. The maximum absolute atomic E-state index is 5.62. The van der Waals surface area contributed by atoms with E-state index in [4.69, 9.17) is 14.7 Å². The Kier molecular flexibility index (Phi) is 3.90. The molecule has 0 N–H and O–H groups in total. The van der Waals surface area contributed by atoms with Gasteiger partial charge in [0.15, 0.2) is 0 Å². The van der Waals surface area contributed by atoms with Gasteiger partial charge in [0.05, 0.1) is 18.6 Å². The van der Waals surface area contributed by atoms with Crippen molar-refractivity contribution in [1.82, 2.24) is 19.5 Å². The Morgan fingerprint density at radius 3 is 3.00 bits per heavy atom. The molecule has 2 atom stereocenters. The van der Waals surface area contributed by atoms with E-state index in [1.807, 2.05) is 26.2 Å². The van der Waals surface area contributed by atoms with E-state index < -0.39 is 0 Å². The molecule has 1 fully saturated rings. The van der Waals surface area contributed by atoms with Gasteiger partial charge in [-0.15, -0.1) is 0 Å². The number of hydrogen-bond donors (Lipinski definition) is 0. The summed E-state index contributed by atoms with van der Waals surface area (Å²) >= 11 is 0. The van der Waals surface area contributed by atoms with E-state index in [-0.39, 0.29) is 0 Å². The number of anilines is 1. The monoisotopic (exact) mass is 327 g/mol. The number of rotatable bonds is 3. The molecule has 0 radical (unpaired) electrons. The highest BCUT2D eigenvalue weighted by Crippen LogP contribution is 2.41. The van der Waals surface area contributed by atoms with Crippen LogP contribution in [-0.4, -0.2) is 38.7 Å². The predicted octanol–water partition coefficient (Wildman–Crippen LogP) is 2.62. The molecule has 2 aromatic heterocycles. The van der Waals surface area contributed by atoms with Gasteiger partial charge in [0.1, 0.15) is 11.6 Å². The number of nitrogens with zero attached hydrogens (tertiary/aromatic N) is 5. The predicted molar refractivity (Wildman–Crippen MR) is 92.6 cm³/mol. The standard InChI is InChI=1S/C18H25N5O/c1-4-24-17-10-16(20-12(2)21-17)23-9-5-6-13-14(23)7-8-15-18(13)19-11-22(15)3/h10-11,13-14H,4-9H2,1-3H3. The van der Waals surface area contributed by atoms with Gasteiger partial charge >= 0.3 is 0 Å². The van der Waals surface area contributed by atoms with Gasteiger partial charge in [-0.1, -0.05) is 0 Å². The number of aromatic nitrogens is 4. The highest BCUT2D eigenvalue weighted by atomic mass is 16.5. The molecule has 1 aliphatic heterocycles. The lowest BCUT2D eigenvalue weighted by Crippen LogP contribution is -2.47. The number of ether oxygens (including phenoxy) is 1. The van der Waals surface area contributed by atoms with Crippen LogP contribution in [0.25, 0.3) is 0 Å². The third-order valence-electron chi connectivity index (χ3n) is 5.29. The van der Waals surface area contributed by atoms with Crippen molar-refractivity contribution in [3.05, 3.63) is 29.6 Å². The van der Waals surface area contributed by atoms with Crippen molar-refractivity contribution < 1.29 is 4.74 Å². The van der Waals surface area contributed by atoms with E-state index >= 15 is 0 Å². The number of imidazole rings is 1. The average molecular weight is 327 g/mol. The van der Waals surface area contributed by atoms with E-state index in [0.717, 1.165) is 31.0 Å². The molecular weight excluding hydrogens is 302 g/mol. The molecule has 4 rings (SSSR count). The summed E-state index contributed by atoms with van der Waals surface area (Å²) in [6, 6.07) is 2.47. The Balaban J connectivity index is 1.67. The van der Waals surface area contributed by atoms with Crippen molar-refractivity contribution in [3.8, 4) is 5.88 Å². The number of piperidine rings is 1. The van der Waals surface area contributed by atoms with Crippen LogP contribution < -0.4 is 9.64 Å². The van der Waals surface area contributed by atoms with Gasteiger partial charge in [-0.05, 0) is 39.5 Å². The van der Waals surface area contributed by atoms with Gasteiger partial charge in [-0.3, -0.25) is 0 Å². The lowest BCUT2D eigenvalue weighted by atomic mass is 9.78. The maximum atomic E-state index is 5.62. The molecule has 0 saturated carbocycles. The molecule has 0 aromatic carbocycles. The molecule has 128 valence electrons. The summed E-state index contributed by atoms with van der Waals surface area (Å²) in [5.74, 6) is 2.96. The van der Waals surface area contributed by atoms with Crippen LogP contribution in [-0.2, 0) is 13.5 Å².